The van der Waals surface area contributed by atoms with Crippen molar-refractivity contribution >= 4 is 5.91 Å². The van der Waals surface area contributed by atoms with Crippen LogP contribution in [0.15, 0.2) is 35.6 Å². The van der Waals surface area contributed by atoms with Crippen LogP contribution < -0.4 is 0 Å². The van der Waals surface area contributed by atoms with Gasteiger partial charge in [-0.25, -0.2) is 0 Å². The van der Waals surface area contributed by atoms with Crippen molar-refractivity contribution in [2.45, 2.75) is 47.0 Å². The number of allylic oxidation sites excluding steroid dienone is 4. The lowest BCUT2D eigenvalue weighted by Crippen LogP contribution is -2.24. The monoisotopic (exact) mass is 235 g/mol. The first kappa shape index (κ1) is 15.7. The first-order chi connectivity index (χ1) is 8.06. The van der Waals surface area contributed by atoms with E-state index in [-0.39, 0.29) is 5.91 Å². The van der Waals surface area contributed by atoms with Crippen LogP contribution in [0.1, 0.15) is 47.0 Å². The predicted molar refractivity (Wildman–Crippen MR) is 74.6 cm³/mol. The molecule has 0 aliphatic heterocycles. The van der Waals surface area contributed by atoms with Crippen molar-refractivity contribution in [1.29, 1.82) is 0 Å². The molecule has 17 heavy (non-hydrogen) atoms. The summed E-state index contributed by atoms with van der Waals surface area (Å²) >= 11 is 0. The summed E-state index contributed by atoms with van der Waals surface area (Å²) < 4.78 is 0. The molecule has 1 rings (SSSR count). The SMILES string of the molecule is C=C(C)/C=C\C(=C1CC1)N(C)C(=O)CC.CC. The highest BCUT2D eigenvalue weighted by Crippen LogP contribution is 2.33. The van der Waals surface area contributed by atoms with Crippen molar-refractivity contribution in [2.75, 3.05) is 7.05 Å². The van der Waals surface area contributed by atoms with Crippen LogP contribution >= 0.6 is 0 Å². The largest absolute Gasteiger partial charge is 0.316 e. The molecule has 1 fully saturated rings. The maximum Gasteiger partial charge on any atom is 0.226 e. The molecule has 96 valence electrons. The zero-order chi connectivity index (χ0) is 13.4. The molecule has 1 aliphatic carbocycles. The second-order valence-electron chi connectivity index (χ2n) is 3.97. The van der Waals surface area contributed by atoms with Crippen LogP contribution in [0, 0.1) is 0 Å². The van der Waals surface area contributed by atoms with Crippen LogP contribution in [0.5, 0.6) is 0 Å². The van der Waals surface area contributed by atoms with Crippen molar-refractivity contribution in [1.82, 2.24) is 4.90 Å². The molecule has 0 atom stereocenters. The maximum absolute atomic E-state index is 11.6. The van der Waals surface area contributed by atoms with Gasteiger partial charge in [0.25, 0.3) is 0 Å². The molecule has 2 nitrogen and oxygen atoms in total. The Kier molecular flexibility index (Phi) is 7.27. The van der Waals surface area contributed by atoms with Gasteiger partial charge in [0.2, 0.25) is 5.91 Å². The number of likely N-dealkylation sites (N-methyl/N-ethyl adjacent to an activating group) is 1. The molecular formula is C15H25NO. The smallest absolute Gasteiger partial charge is 0.226 e. The summed E-state index contributed by atoms with van der Waals surface area (Å²) in [6.45, 7) is 11.7. The van der Waals surface area contributed by atoms with Gasteiger partial charge in [-0.1, -0.05) is 39.0 Å². The van der Waals surface area contributed by atoms with Crippen LogP contribution in [0.3, 0.4) is 0 Å². The van der Waals surface area contributed by atoms with E-state index in [1.807, 2.05) is 46.9 Å². The van der Waals surface area contributed by atoms with Gasteiger partial charge in [0.1, 0.15) is 0 Å². The summed E-state index contributed by atoms with van der Waals surface area (Å²) in [7, 11) is 1.84. The molecule has 0 spiro atoms. The summed E-state index contributed by atoms with van der Waals surface area (Å²) in [6, 6.07) is 0. The minimum atomic E-state index is 0.163. The molecule has 0 unspecified atom stereocenters. The zero-order valence-electron chi connectivity index (χ0n) is 11.8. The van der Waals surface area contributed by atoms with E-state index < -0.39 is 0 Å². The minimum Gasteiger partial charge on any atom is -0.316 e. The number of carbonyl (C=O) groups excluding carboxylic acids is 1. The molecule has 1 saturated carbocycles. The Morgan fingerprint density at radius 2 is 1.88 bits per heavy atom. The third-order valence-electron chi connectivity index (χ3n) is 2.43. The number of hydrogen-bond donors (Lipinski definition) is 0. The topological polar surface area (TPSA) is 20.3 Å². The molecule has 1 aliphatic rings. The normalized spacial score (nSPS) is 12.9. The number of carbonyl (C=O) groups is 1. The highest BCUT2D eigenvalue weighted by molar-refractivity contribution is 5.78. The Morgan fingerprint density at radius 1 is 1.35 bits per heavy atom. The molecule has 2 heteroatoms. The number of nitrogens with zero attached hydrogens (tertiary/aromatic N) is 1. The van der Waals surface area contributed by atoms with Gasteiger partial charge in [-0.2, -0.15) is 0 Å². The van der Waals surface area contributed by atoms with Crippen LogP contribution in [-0.2, 0) is 4.79 Å². The van der Waals surface area contributed by atoms with Crippen LogP contribution in [0.2, 0.25) is 0 Å². The number of hydrogen-bond acceptors (Lipinski definition) is 1. The van der Waals surface area contributed by atoms with E-state index in [1.165, 1.54) is 5.57 Å². The van der Waals surface area contributed by atoms with Gasteiger partial charge in [-0.3, -0.25) is 4.79 Å². The van der Waals surface area contributed by atoms with E-state index in [9.17, 15) is 4.79 Å². The zero-order valence-corrected chi connectivity index (χ0v) is 11.8. The quantitative estimate of drug-likeness (QED) is 0.673. The molecule has 0 aromatic heterocycles. The summed E-state index contributed by atoms with van der Waals surface area (Å²) in [5, 5.41) is 0. The Hall–Kier alpha value is -1.31. The lowest BCUT2D eigenvalue weighted by Gasteiger charge is -2.17. The molecular weight excluding hydrogens is 210 g/mol. The van der Waals surface area contributed by atoms with E-state index in [4.69, 9.17) is 0 Å². The second-order valence-corrected chi connectivity index (χ2v) is 3.97. The average molecular weight is 235 g/mol. The lowest BCUT2D eigenvalue weighted by molar-refractivity contribution is -0.127. The predicted octanol–water partition coefficient (Wildman–Crippen LogP) is 4.06. The molecule has 0 bridgehead atoms. The fourth-order valence-corrected chi connectivity index (χ4v) is 1.38. The Bertz CT molecular complexity index is 331. The second kappa shape index (κ2) is 7.88. The third-order valence-corrected chi connectivity index (χ3v) is 2.43. The molecule has 1 amide bonds. The van der Waals surface area contributed by atoms with Crippen LogP contribution in [0.4, 0.5) is 0 Å². The van der Waals surface area contributed by atoms with Crippen molar-refractivity contribution in [3.05, 3.63) is 35.6 Å². The molecule has 0 heterocycles. The van der Waals surface area contributed by atoms with Crippen molar-refractivity contribution in [3.63, 3.8) is 0 Å². The van der Waals surface area contributed by atoms with E-state index >= 15 is 0 Å². The van der Waals surface area contributed by atoms with E-state index in [2.05, 4.69) is 6.58 Å². The fourth-order valence-electron chi connectivity index (χ4n) is 1.38. The van der Waals surface area contributed by atoms with Crippen molar-refractivity contribution < 1.29 is 4.79 Å². The molecule has 0 aromatic rings. The molecule has 0 radical (unpaired) electrons. The van der Waals surface area contributed by atoms with E-state index in [0.717, 1.165) is 24.1 Å². The fraction of sp³-hybridized carbons (Fsp3) is 0.533. The van der Waals surface area contributed by atoms with Gasteiger partial charge in [-0.05, 0) is 31.4 Å². The highest BCUT2D eigenvalue weighted by Gasteiger charge is 2.21. The van der Waals surface area contributed by atoms with Crippen LogP contribution in [0.25, 0.3) is 0 Å². The van der Waals surface area contributed by atoms with Crippen LogP contribution in [-0.4, -0.2) is 17.9 Å². The Labute approximate surface area is 106 Å². The first-order valence-corrected chi connectivity index (χ1v) is 6.38. The average Bonchev–Trinajstić information content (AvgIpc) is 3.14. The Balaban J connectivity index is 0.00000121. The van der Waals surface area contributed by atoms with E-state index in [1.54, 1.807) is 4.90 Å². The van der Waals surface area contributed by atoms with Crippen molar-refractivity contribution in [2.24, 2.45) is 0 Å². The highest BCUT2D eigenvalue weighted by atomic mass is 16.2. The Morgan fingerprint density at radius 3 is 2.24 bits per heavy atom. The van der Waals surface area contributed by atoms with Gasteiger partial charge >= 0.3 is 0 Å². The summed E-state index contributed by atoms with van der Waals surface area (Å²) in [5.74, 6) is 0.163. The summed E-state index contributed by atoms with van der Waals surface area (Å²) in [6.07, 6.45) is 6.75. The third kappa shape index (κ3) is 5.53. The lowest BCUT2D eigenvalue weighted by atomic mass is 10.2. The molecule has 0 aromatic carbocycles. The van der Waals surface area contributed by atoms with Gasteiger partial charge in [0.05, 0.1) is 0 Å². The minimum absolute atomic E-state index is 0.163. The first-order valence-electron chi connectivity index (χ1n) is 6.38. The maximum atomic E-state index is 11.6. The standard InChI is InChI=1S/C13H19NO.C2H6/c1-5-13(15)14(4)12(11-7-8-11)9-6-10(2)3;1-2/h6,9H,2,5,7-8H2,1,3-4H3;1-2H3/b9-6-;. The van der Waals surface area contributed by atoms with Gasteiger partial charge in [0.15, 0.2) is 0 Å². The summed E-state index contributed by atoms with van der Waals surface area (Å²) in [4.78, 5) is 13.3. The van der Waals surface area contributed by atoms with Gasteiger partial charge < -0.3 is 4.90 Å². The van der Waals surface area contributed by atoms with Gasteiger partial charge in [-0.15, -0.1) is 0 Å². The van der Waals surface area contributed by atoms with E-state index in [0.29, 0.717) is 6.42 Å². The van der Waals surface area contributed by atoms with Crippen molar-refractivity contribution in [3.8, 4) is 0 Å². The number of amides is 1. The summed E-state index contributed by atoms with van der Waals surface area (Å²) in [5.41, 5.74) is 3.44. The van der Waals surface area contributed by atoms with Gasteiger partial charge in [0, 0.05) is 19.2 Å². The molecule has 0 N–H and O–H groups in total. The molecule has 0 saturated heterocycles. The number of rotatable bonds is 4.